The normalized spacial score (nSPS) is 11.5. The van der Waals surface area contributed by atoms with Crippen molar-refractivity contribution >= 4 is 5.96 Å². The summed E-state index contributed by atoms with van der Waals surface area (Å²) in [6.45, 7) is 4.83. The number of aromatic nitrogens is 3. The predicted molar refractivity (Wildman–Crippen MR) is 93.3 cm³/mol. The fraction of sp³-hybridized carbons (Fsp3) is 0.471. The molecule has 2 aromatic rings. The number of rotatable bonds is 8. The molecular formula is C17H26N6. The van der Waals surface area contributed by atoms with E-state index in [0.29, 0.717) is 0 Å². The van der Waals surface area contributed by atoms with Crippen LogP contribution in [0.25, 0.3) is 0 Å². The molecule has 0 amide bonds. The maximum atomic E-state index is 4.28. The molecule has 0 saturated carbocycles. The van der Waals surface area contributed by atoms with Crippen LogP contribution in [0.2, 0.25) is 0 Å². The van der Waals surface area contributed by atoms with Crippen molar-refractivity contribution in [3.05, 3.63) is 48.0 Å². The van der Waals surface area contributed by atoms with Crippen molar-refractivity contribution in [2.24, 2.45) is 4.99 Å². The largest absolute Gasteiger partial charge is 0.356 e. The van der Waals surface area contributed by atoms with Gasteiger partial charge in [0.15, 0.2) is 5.96 Å². The molecule has 0 unspecified atom stereocenters. The summed E-state index contributed by atoms with van der Waals surface area (Å²) in [6.07, 6.45) is 6.70. The topological polar surface area (TPSA) is 67.1 Å². The Morgan fingerprint density at radius 2 is 1.83 bits per heavy atom. The van der Waals surface area contributed by atoms with Crippen LogP contribution in [0.4, 0.5) is 0 Å². The number of benzene rings is 1. The first-order chi connectivity index (χ1) is 11.3. The maximum Gasteiger partial charge on any atom is 0.191 e. The van der Waals surface area contributed by atoms with E-state index in [1.165, 1.54) is 11.1 Å². The maximum absolute atomic E-state index is 4.28. The molecule has 124 valence electrons. The molecule has 0 bridgehead atoms. The number of unbranched alkanes of at least 4 members (excludes halogenated alkanes) is 1. The number of aliphatic imine (C=N–C) groups is 1. The van der Waals surface area contributed by atoms with Gasteiger partial charge in [0.05, 0.1) is 0 Å². The van der Waals surface area contributed by atoms with Gasteiger partial charge in [0.1, 0.15) is 12.7 Å². The van der Waals surface area contributed by atoms with E-state index < -0.39 is 0 Å². The van der Waals surface area contributed by atoms with Gasteiger partial charge >= 0.3 is 0 Å². The molecule has 1 aromatic carbocycles. The lowest BCUT2D eigenvalue weighted by atomic mass is 10.1. The summed E-state index contributed by atoms with van der Waals surface area (Å²) in [6, 6.07) is 8.51. The Morgan fingerprint density at radius 1 is 1.09 bits per heavy atom. The van der Waals surface area contributed by atoms with E-state index in [1.807, 2.05) is 4.57 Å². The van der Waals surface area contributed by atoms with Crippen molar-refractivity contribution in [2.75, 3.05) is 13.6 Å². The van der Waals surface area contributed by atoms with Crippen LogP contribution < -0.4 is 10.6 Å². The van der Waals surface area contributed by atoms with Crippen LogP contribution in [-0.2, 0) is 19.5 Å². The fourth-order valence-corrected chi connectivity index (χ4v) is 2.44. The lowest BCUT2D eigenvalue weighted by Gasteiger charge is -2.13. The highest BCUT2D eigenvalue weighted by Crippen LogP contribution is 2.08. The van der Waals surface area contributed by atoms with Crippen molar-refractivity contribution < 1.29 is 0 Å². The van der Waals surface area contributed by atoms with Gasteiger partial charge < -0.3 is 15.2 Å². The molecule has 0 radical (unpaired) electrons. The summed E-state index contributed by atoms with van der Waals surface area (Å²) in [5.74, 6) is 0.847. The first-order valence-corrected chi connectivity index (χ1v) is 8.17. The molecule has 0 aliphatic carbocycles. The zero-order chi connectivity index (χ0) is 16.3. The van der Waals surface area contributed by atoms with Crippen molar-refractivity contribution in [1.29, 1.82) is 0 Å². The van der Waals surface area contributed by atoms with Crippen LogP contribution in [0.3, 0.4) is 0 Å². The van der Waals surface area contributed by atoms with Gasteiger partial charge in [-0.2, -0.15) is 0 Å². The lowest BCUT2D eigenvalue weighted by Crippen LogP contribution is -2.37. The smallest absolute Gasteiger partial charge is 0.191 e. The Bertz CT molecular complexity index is 591. The third kappa shape index (κ3) is 5.73. The SMILES string of the molecule is CCc1ccccc1CNC(=NC)NCCCCn1cnnc1. The summed E-state index contributed by atoms with van der Waals surface area (Å²) >= 11 is 0. The third-order valence-electron chi connectivity index (χ3n) is 3.77. The van der Waals surface area contributed by atoms with Crippen molar-refractivity contribution in [3.8, 4) is 0 Å². The van der Waals surface area contributed by atoms with E-state index in [0.717, 1.165) is 44.9 Å². The minimum absolute atomic E-state index is 0.796. The summed E-state index contributed by atoms with van der Waals surface area (Å²) in [4.78, 5) is 4.28. The van der Waals surface area contributed by atoms with E-state index in [1.54, 1.807) is 19.7 Å². The lowest BCUT2D eigenvalue weighted by molar-refractivity contribution is 0.597. The summed E-state index contributed by atoms with van der Waals surface area (Å²) < 4.78 is 1.99. The van der Waals surface area contributed by atoms with Gasteiger partial charge in [-0.1, -0.05) is 31.2 Å². The number of nitrogens with zero attached hydrogens (tertiary/aromatic N) is 4. The third-order valence-corrected chi connectivity index (χ3v) is 3.77. The van der Waals surface area contributed by atoms with Gasteiger partial charge in [0.25, 0.3) is 0 Å². The van der Waals surface area contributed by atoms with Crippen LogP contribution in [0.5, 0.6) is 0 Å². The van der Waals surface area contributed by atoms with Gasteiger partial charge in [-0.3, -0.25) is 4.99 Å². The second kappa shape index (κ2) is 9.61. The van der Waals surface area contributed by atoms with E-state index in [4.69, 9.17) is 0 Å². The Morgan fingerprint density at radius 3 is 2.52 bits per heavy atom. The Kier molecular flexibility index (Phi) is 7.10. The molecule has 0 spiro atoms. The number of hydrogen-bond acceptors (Lipinski definition) is 3. The van der Waals surface area contributed by atoms with E-state index in [-0.39, 0.29) is 0 Å². The Hall–Kier alpha value is -2.37. The van der Waals surface area contributed by atoms with E-state index in [2.05, 4.69) is 57.0 Å². The zero-order valence-electron chi connectivity index (χ0n) is 14.0. The van der Waals surface area contributed by atoms with Crippen LogP contribution in [0.1, 0.15) is 30.9 Å². The second-order valence-electron chi connectivity index (χ2n) is 5.38. The van der Waals surface area contributed by atoms with Crippen LogP contribution in [0, 0.1) is 0 Å². The first kappa shape index (κ1) is 17.0. The molecule has 23 heavy (non-hydrogen) atoms. The highest BCUT2D eigenvalue weighted by Gasteiger charge is 2.01. The summed E-state index contributed by atoms with van der Waals surface area (Å²) in [5, 5.41) is 14.3. The molecule has 0 fully saturated rings. The van der Waals surface area contributed by atoms with Gasteiger partial charge in [-0.15, -0.1) is 10.2 Å². The predicted octanol–water partition coefficient (Wildman–Crippen LogP) is 1.99. The second-order valence-corrected chi connectivity index (χ2v) is 5.38. The summed E-state index contributed by atoms with van der Waals surface area (Å²) in [5.41, 5.74) is 2.70. The van der Waals surface area contributed by atoms with Crippen LogP contribution >= 0.6 is 0 Å². The molecule has 1 aromatic heterocycles. The van der Waals surface area contributed by atoms with Crippen LogP contribution in [-0.4, -0.2) is 34.3 Å². The molecule has 6 heteroatoms. The highest BCUT2D eigenvalue weighted by molar-refractivity contribution is 5.79. The zero-order valence-corrected chi connectivity index (χ0v) is 14.0. The van der Waals surface area contributed by atoms with E-state index in [9.17, 15) is 0 Å². The Labute approximate surface area is 138 Å². The quantitative estimate of drug-likeness (QED) is 0.444. The van der Waals surface area contributed by atoms with Crippen molar-refractivity contribution in [2.45, 2.75) is 39.3 Å². The molecule has 0 saturated heterocycles. The van der Waals surface area contributed by atoms with Gasteiger partial charge in [-0.05, 0) is 30.4 Å². The molecule has 0 aliphatic heterocycles. The molecule has 2 N–H and O–H groups in total. The monoisotopic (exact) mass is 314 g/mol. The number of guanidine groups is 1. The molecule has 6 nitrogen and oxygen atoms in total. The minimum atomic E-state index is 0.796. The summed E-state index contributed by atoms with van der Waals surface area (Å²) in [7, 11) is 1.80. The molecular weight excluding hydrogens is 288 g/mol. The average Bonchev–Trinajstić information content (AvgIpc) is 3.11. The molecule has 2 rings (SSSR count). The minimum Gasteiger partial charge on any atom is -0.356 e. The van der Waals surface area contributed by atoms with Gasteiger partial charge in [-0.25, -0.2) is 0 Å². The number of nitrogens with one attached hydrogen (secondary N) is 2. The molecule has 1 heterocycles. The Balaban J connectivity index is 1.67. The van der Waals surface area contributed by atoms with Crippen molar-refractivity contribution in [3.63, 3.8) is 0 Å². The standard InChI is InChI=1S/C17H26N6/c1-3-15-8-4-5-9-16(15)12-20-17(18-2)19-10-6-7-11-23-13-21-22-14-23/h4-5,8-9,13-14H,3,6-7,10-12H2,1-2H3,(H2,18,19,20). The van der Waals surface area contributed by atoms with E-state index >= 15 is 0 Å². The average molecular weight is 314 g/mol. The highest BCUT2D eigenvalue weighted by atomic mass is 15.2. The fourth-order valence-electron chi connectivity index (χ4n) is 2.44. The molecule has 0 atom stereocenters. The first-order valence-electron chi connectivity index (χ1n) is 8.17. The number of aryl methyl sites for hydroxylation is 2. The van der Waals surface area contributed by atoms with Crippen LogP contribution in [0.15, 0.2) is 41.9 Å². The van der Waals surface area contributed by atoms with Crippen molar-refractivity contribution in [1.82, 2.24) is 25.4 Å². The van der Waals surface area contributed by atoms with Gasteiger partial charge in [0.2, 0.25) is 0 Å². The van der Waals surface area contributed by atoms with Gasteiger partial charge in [0, 0.05) is 26.7 Å². The molecule has 0 aliphatic rings. The number of hydrogen-bond donors (Lipinski definition) is 2.